The third-order valence-electron chi connectivity index (χ3n) is 2.60. The minimum absolute atomic E-state index is 0.776. The van der Waals surface area contributed by atoms with Gasteiger partial charge in [0.15, 0.2) is 5.65 Å². The van der Waals surface area contributed by atoms with Crippen LogP contribution in [0.2, 0.25) is 0 Å². The number of pyridine rings is 1. The normalized spacial score (nSPS) is 11.2. The van der Waals surface area contributed by atoms with E-state index in [1.54, 1.807) is 10.9 Å². The predicted octanol–water partition coefficient (Wildman–Crippen LogP) is 2.43. The van der Waals surface area contributed by atoms with Crippen molar-refractivity contribution in [1.82, 2.24) is 24.7 Å². The Bertz CT molecular complexity index is 697. The van der Waals surface area contributed by atoms with Crippen molar-refractivity contribution >= 4 is 27.1 Å². The van der Waals surface area contributed by atoms with Crippen molar-refractivity contribution in [3.8, 4) is 11.4 Å². The number of nitrogens with one attached hydrogen (secondary N) is 1. The molecule has 0 aliphatic rings. The van der Waals surface area contributed by atoms with E-state index in [0.717, 1.165) is 32.7 Å². The van der Waals surface area contributed by atoms with Crippen molar-refractivity contribution in [2.75, 3.05) is 0 Å². The van der Waals surface area contributed by atoms with E-state index in [9.17, 15) is 0 Å². The quantitative estimate of drug-likeness (QED) is 0.749. The molecule has 0 unspecified atom stereocenters. The third kappa shape index (κ3) is 1.64. The summed E-state index contributed by atoms with van der Waals surface area (Å²) in [4.78, 5) is 12.0. The molecule has 0 aliphatic heterocycles. The van der Waals surface area contributed by atoms with E-state index in [4.69, 9.17) is 0 Å². The van der Waals surface area contributed by atoms with Gasteiger partial charge in [0, 0.05) is 23.9 Å². The van der Waals surface area contributed by atoms with E-state index in [2.05, 4.69) is 36.0 Å². The molecule has 6 heteroatoms. The molecule has 0 amide bonds. The summed E-state index contributed by atoms with van der Waals surface area (Å²) in [5.41, 5.74) is 3.56. The zero-order valence-corrected chi connectivity index (χ0v) is 11.0. The second-order valence-corrected chi connectivity index (χ2v) is 4.73. The molecule has 3 aromatic heterocycles. The maximum atomic E-state index is 4.54. The average Bonchev–Trinajstić information content (AvgIpc) is 2.82. The molecular formula is C11H10BrN5. The molecule has 0 bridgehead atoms. The maximum Gasteiger partial charge on any atom is 0.158 e. The van der Waals surface area contributed by atoms with Crippen molar-refractivity contribution in [3.63, 3.8) is 0 Å². The molecule has 0 saturated heterocycles. The van der Waals surface area contributed by atoms with Crippen LogP contribution < -0.4 is 0 Å². The molecule has 17 heavy (non-hydrogen) atoms. The van der Waals surface area contributed by atoms with Gasteiger partial charge >= 0.3 is 0 Å². The van der Waals surface area contributed by atoms with Crippen molar-refractivity contribution in [2.45, 2.75) is 6.92 Å². The summed E-state index contributed by atoms with van der Waals surface area (Å²) in [6.07, 6.45) is 3.69. The van der Waals surface area contributed by atoms with E-state index >= 15 is 0 Å². The number of halogens is 1. The second-order valence-electron chi connectivity index (χ2n) is 3.88. The van der Waals surface area contributed by atoms with Gasteiger partial charge in [0.05, 0.1) is 11.3 Å². The first kappa shape index (κ1) is 10.5. The lowest BCUT2D eigenvalue weighted by molar-refractivity contribution is 0.756. The van der Waals surface area contributed by atoms with Gasteiger partial charge in [-0.3, -0.25) is 4.68 Å². The van der Waals surface area contributed by atoms with Crippen LogP contribution in [0.25, 0.3) is 22.6 Å². The van der Waals surface area contributed by atoms with Crippen LogP contribution in [0.5, 0.6) is 0 Å². The Balaban J connectivity index is 2.25. The number of imidazole rings is 1. The van der Waals surface area contributed by atoms with E-state index in [1.807, 2.05) is 26.2 Å². The molecule has 0 spiro atoms. The summed E-state index contributed by atoms with van der Waals surface area (Å²) < 4.78 is 2.71. The fourth-order valence-electron chi connectivity index (χ4n) is 1.84. The van der Waals surface area contributed by atoms with Gasteiger partial charge in [-0.25, -0.2) is 9.97 Å². The van der Waals surface area contributed by atoms with Crippen LogP contribution >= 0.6 is 15.9 Å². The smallest absolute Gasteiger partial charge is 0.158 e. The van der Waals surface area contributed by atoms with E-state index < -0.39 is 0 Å². The van der Waals surface area contributed by atoms with Crippen molar-refractivity contribution in [2.24, 2.45) is 7.05 Å². The molecule has 0 fully saturated rings. The summed E-state index contributed by atoms with van der Waals surface area (Å²) in [5.74, 6) is 0.796. The van der Waals surface area contributed by atoms with E-state index in [0.29, 0.717) is 0 Å². The molecule has 0 atom stereocenters. The molecule has 1 N–H and O–H groups in total. The van der Waals surface area contributed by atoms with Crippen LogP contribution in [0.15, 0.2) is 22.9 Å². The first-order valence-electron chi connectivity index (χ1n) is 5.16. The third-order valence-corrected chi connectivity index (χ3v) is 3.24. The standard InChI is InChI=1S/C11H10BrN5/c1-6-7(5-17(2)16-6)10-14-9-8(12)3-4-13-11(9)15-10/h3-5H,1-2H3,(H,13,14,15). The predicted molar refractivity (Wildman–Crippen MR) is 68.5 cm³/mol. The van der Waals surface area contributed by atoms with Gasteiger partial charge in [-0.05, 0) is 28.9 Å². The maximum absolute atomic E-state index is 4.54. The lowest BCUT2D eigenvalue weighted by atomic mass is 10.2. The minimum Gasteiger partial charge on any atom is -0.322 e. The molecule has 3 heterocycles. The van der Waals surface area contributed by atoms with E-state index in [1.165, 1.54) is 0 Å². The molecule has 0 saturated carbocycles. The van der Waals surface area contributed by atoms with Gasteiger partial charge in [0.2, 0.25) is 0 Å². The van der Waals surface area contributed by atoms with Gasteiger partial charge in [-0.2, -0.15) is 5.10 Å². The van der Waals surface area contributed by atoms with Gasteiger partial charge in [-0.1, -0.05) is 0 Å². The van der Waals surface area contributed by atoms with Crippen LogP contribution in [0.4, 0.5) is 0 Å². The number of aromatic amines is 1. The highest BCUT2D eigenvalue weighted by Gasteiger charge is 2.12. The Morgan fingerprint density at radius 1 is 1.41 bits per heavy atom. The largest absolute Gasteiger partial charge is 0.322 e. The van der Waals surface area contributed by atoms with Crippen LogP contribution in [0.3, 0.4) is 0 Å². The summed E-state index contributed by atoms with van der Waals surface area (Å²) in [7, 11) is 1.90. The number of aromatic nitrogens is 5. The Morgan fingerprint density at radius 2 is 2.24 bits per heavy atom. The Hall–Kier alpha value is -1.69. The van der Waals surface area contributed by atoms with Crippen LogP contribution in [0, 0.1) is 6.92 Å². The van der Waals surface area contributed by atoms with Gasteiger partial charge in [0.1, 0.15) is 11.3 Å². The zero-order valence-electron chi connectivity index (χ0n) is 9.40. The molecule has 5 nitrogen and oxygen atoms in total. The Labute approximate surface area is 106 Å². The summed E-state index contributed by atoms with van der Waals surface area (Å²) in [6.45, 7) is 1.96. The van der Waals surface area contributed by atoms with Gasteiger partial charge in [0.25, 0.3) is 0 Å². The van der Waals surface area contributed by atoms with Crippen molar-refractivity contribution < 1.29 is 0 Å². The number of hydrogen-bond donors (Lipinski definition) is 1. The van der Waals surface area contributed by atoms with Gasteiger partial charge < -0.3 is 4.98 Å². The number of fused-ring (bicyclic) bond motifs is 1. The topological polar surface area (TPSA) is 59.4 Å². The molecular weight excluding hydrogens is 282 g/mol. The lowest BCUT2D eigenvalue weighted by Crippen LogP contribution is -1.86. The van der Waals surface area contributed by atoms with Crippen LogP contribution in [-0.4, -0.2) is 24.7 Å². The summed E-state index contributed by atoms with van der Waals surface area (Å²) in [6, 6.07) is 1.88. The molecule has 3 rings (SSSR count). The number of hydrogen-bond acceptors (Lipinski definition) is 3. The minimum atomic E-state index is 0.776. The van der Waals surface area contributed by atoms with Crippen LogP contribution in [0.1, 0.15) is 5.69 Å². The number of rotatable bonds is 1. The monoisotopic (exact) mass is 291 g/mol. The fraction of sp³-hybridized carbons (Fsp3) is 0.182. The summed E-state index contributed by atoms with van der Waals surface area (Å²) >= 11 is 3.46. The Kier molecular flexibility index (Phi) is 2.25. The summed E-state index contributed by atoms with van der Waals surface area (Å²) in [5, 5.41) is 4.30. The van der Waals surface area contributed by atoms with Crippen LogP contribution in [-0.2, 0) is 7.05 Å². The molecule has 86 valence electrons. The molecule has 0 radical (unpaired) electrons. The highest BCUT2D eigenvalue weighted by atomic mass is 79.9. The van der Waals surface area contributed by atoms with Crippen molar-refractivity contribution in [1.29, 1.82) is 0 Å². The number of aryl methyl sites for hydroxylation is 2. The number of nitrogens with zero attached hydrogens (tertiary/aromatic N) is 4. The lowest BCUT2D eigenvalue weighted by Gasteiger charge is -1.89. The van der Waals surface area contributed by atoms with Crippen molar-refractivity contribution in [3.05, 3.63) is 28.6 Å². The van der Waals surface area contributed by atoms with Gasteiger partial charge in [-0.15, -0.1) is 0 Å². The molecule has 0 aromatic carbocycles. The highest BCUT2D eigenvalue weighted by molar-refractivity contribution is 9.10. The first-order chi connectivity index (χ1) is 8.15. The first-order valence-corrected chi connectivity index (χ1v) is 5.95. The second kappa shape index (κ2) is 3.66. The zero-order chi connectivity index (χ0) is 12.0. The van der Waals surface area contributed by atoms with E-state index in [-0.39, 0.29) is 0 Å². The highest BCUT2D eigenvalue weighted by Crippen LogP contribution is 2.25. The SMILES string of the molecule is Cc1nn(C)cc1-c1nc2c(Br)ccnc2[nH]1. The number of H-pyrrole nitrogens is 1. The fourth-order valence-corrected chi connectivity index (χ4v) is 2.23. The average molecular weight is 292 g/mol. The molecule has 0 aliphatic carbocycles. The molecule has 3 aromatic rings. The Morgan fingerprint density at radius 3 is 2.88 bits per heavy atom.